The maximum Gasteiger partial charge on any atom is 0.195 e. The number of benzene rings is 1. The molecule has 0 radical (unpaired) electrons. The van der Waals surface area contributed by atoms with E-state index in [0.29, 0.717) is 11.5 Å². The summed E-state index contributed by atoms with van der Waals surface area (Å²) in [7, 11) is 3.25. The second-order valence-corrected chi connectivity index (χ2v) is 3.96. The summed E-state index contributed by atoms with van der Waals surface area (Å²) in [5.74, 6) is 2.18. The van der Waals surface area contributed by atoms with E-state index < -0.39 is 0 Å². The van der Waals surface area contributed by atoms with Gasteiger partial charge in [0.25, 0.3) is 0 Å². The molecule has 0 amide bonds. The van der Waals surface area contributed by atoms with Gasteiger partial charge < -0.3 is 20.1 Å². The second-order valence-electron chi connectivity index (χ2n) is 3.96. The summed E-state index contributed by atoms with van der Waals surface area (Å²) in [5, 5.41) is 6.44. The Morgan fingerprint density at radius 3 is 2.40 bits per heavy atom. The lowest BCUT2D eigenvalue weighted by Crippen LogP contribution is -2.30. The summed E-state index contributed by atoms with van der Waals surface area (Å²) in [5.41, 5.74) is 0.911. The Labute approximate surface area is 138 Å². The van der Waals surface area contributed by atoms with Crippen molar-refractivity contribution >= 4 is 35.6 Å². The maximum atomic E-state index is 5.27. The van der Waals surface area contributed by atoms with Gasteiger partial charge in [-0.05, 0) is 25.5 Å². The first-order valence-corrected chi connectivity index (χ1v) is 6.52. The molecule has 0 aromatic heterocycles. The first kappa shape index (κ1) is 18.8. The number of rotatable bonds is 6. The Bertz CT molecular complexity index is 425. The predicted octanol–water partition coefficient (Wildman–Crippen LogP) is 3.11. The molecule has 20 heavy (non-hydrogen) atoms. The molecule has 0 unspecified atom stereocenters. The van der Waals surface area contributed by atoms with Crippen molar-refractivity contribution < 1.29 is 9.47 Å². The largest absolute Gasteiger partial charge is 0.493 e. The van der Waals surface area contributed by atoms with E-state index in [9.17, 15) is 0 Å². The van der Waals surface area contributed by atoms with Crippen molar-refractivity contribution in [2.24, 2.45) is 4.99 Å². The molecule has 0 aliphatic rings. The Hall–Kier alpha value is -1.18. The zero-order valence-corrected chi connectivity index (χ0v) is 14.9. The lowest BCUT2D eigenvalue weighted by atomic mass is 10.3. The van der Waals surface area contributed by atoms with Crippen LogP contribution in [0.25, 0.3) is 0 Å². The molecule has 0 heterocycles. The SMILES string of the molecule is CCCN=C(NCC)Nc1ccc(OC)c(OC)c1.I. The summed E-state index contributed by atoms with van der Waals surface area (Å²) < 4.78 is 10.5. The van der Waals surface area contributed by atoms with Crippen LogP contribution in [0.4, 0.5) is 5.69 Å². The minimum Gasteiger partial charge on any atom is -0.493 e. The van der Waals surface area contributed by atoms with Crippen molar-refractivity contribution in [2.75, 3.05) is 32.6 Å². The van der Waals surface area contributed by atoms with E-state index in [1.807, 2.05) is 25.1 Å². The minimum atomic E-state index is 0. The normalized spacial score (nSPS) is 10.5. The smallest absolute Gasteiger partial charge is 0.195 e. The molecule has 0 saturated heterocycles. The summed E-state index contributed by atoms with van der Waals surface area (Å²) in [4.78, 5) is 4.45. The van der Waals surface area contributed by atoms with Gasteiger partial charge in [-0.3, -0.25) is 4.99 Å². The summed E-state index contributed by atoms with van der Waals surface area (Å²) in [6.45, 7) is 5.76. The standard InChI is InChI=1S/C14H23N3O2.HI/c1-5-9-16-14(15-6-2)17-11-7-8-12(18-3)13(10-11)19-4;/h7-8,10H,5-6,9H2,1-4H3,(H2,15,16,17);1H. The Kier molecular flexibility index (Phi) is 9.96. The number of guanidine groups is 1. The number of nitrogens with one attached hydrogen (secondary N) is 2. The average molecular weight is 393 g/mol. The van der Waals surface area contributed by atoms with Crippen LogP contribution < -0.4 is 20.1 Å². The lowest BCUT2D eigenvalue weighted by Gasteiger charge is -2.13. The van der Waals surface area contributed by atoms with E-state index in [-0.39, 0.29) is 24.0 Å². The van der Waals surface area contributed by atoms with Gasteiger partial charge >= 0.3 is 0 Å². The first-order chi connectivity index (χ1) is 9.24. The van der Waals surface area contributed by atoms with Crippen LogP contribution in [0, 0.1) is 0 Å². The van der Waals surface area contributed by atoms with Gasteiger partial charge in [0.15, 0.2) is 17.5 Å². The van der Waals surface area contributed by atoms with E-state index >= 15 is 0 Å². The van der Waals surface area contributed by atoms with Crippen LogP contribution in [0.15, 0.2) is 23.2 Å². The Morgan fingerprint density at radius 1 is 1.15 bits per heavy atom. The molecule has 0 atom stereocenters. The molecule has 0 fully saturated rings. The fourth-order valence-electron chi connectivity index (χ4n) is 1.58. The predicted molar refractivity (Wildman–Crippen MR) is 94.9 cm³/mol. The molecule has 0 saturated carbocycles. The number of nitrogens with zero attached hydrogens (tertiary/aromatic N) is 1. The van der Waals surface area contributed by atoms with Crippen LogP contribution in [0.1, 0.15) is 20.3 Å². The molecule has 6 heteroatoms. The van der Waals surface area contributed by atoms with E-state index in [0.717, 1.165) is 31.2 Å². The van der Waals surface area contributed by atoms with Crippen molar-refractivity contribution in [3.63, 3.8) is 0 Å². The van der Waals surface area contributed by atoms with E-state index in [1.54, 1.807) is 14.2 Å². The molecule has 0 bridgehead atoms. The fraction of sp³-hybridized carbons (Fsp3) is 0.500. The van der Waals surface area contributed by atoms with Crippen molar-refractivity contribution in [1.29, 1.82) is 0 Å². The Morgan fingerprint density at radius 2 is 1.85 bits per heavy atom. The fourth-order valence-corrected chi connectivity index (χ4v) is 1.58. The van der Waals surface area contributed by atoms with Crippen molar-refractivity contribution in [2.45, 2.75) is 20.3 Å². The van der Waals surface area contributed by atoms with Crippen LogP contribution in [-0.2, 0) is 0 Å². The number of halogens is 1. The highest BCUT2D eigenvalue weighted by Crippen LogP contribution is 2.29. The molecule has 2 N–H and O–H groups in total. The zero-order chi connectivity index (χ0) is 14.1. The highest BCUT2D eigenvalue weighted by molar-refractivity contribution is 14.0. The number of hydrogen-bond acceptors (Lipinski definition) is 3. The van der Waals surface area contributed by atoms with E-state index in [4.69, 9.17) is 9.47 Å². The Balaban J connectivity index is 0.00000361. The molecule has 1 aromatic rings. The summed E-state index contributed by atoms with van der Waals surface area (Å²) >= 11 is 0. The number of aliphatic imine (C=N–C) groups is 1. The average Bonchev–Trinajstić information content (AvgIpc) is 2.44. The number of hydrogen-bond donors (Lipinski definition) is 2. The van der Waals surface area contributed by atoms with Crippen LogP contribution in [-0.4, -0.2) is 33.3 Å². The van der Waals surface area contributed by atoms with Gasteiger partial charge in [-0.1, -0.05) is 6.92 Å². The third-order valence-electron chi connectivity index (χ3n) is 2.48. The number of ether oxygens (including phenoxy) is 2. The van der Waals surface area contributed by atoms with Gasteiger partial charge in [0, 0.05) is 24.8 Å². The highest BCUT2D eigenvalue weighted by atomic mass is 127. The van der Waals surface area contributed by atoms with Gasteiger partial charge in [-0.15, -0.1) is 24.0 Å². The summed E-state index contributed by atoms with van der Waals surface area (Å²) in [6, 6.07) is 5.68. The number of anilines is 1. The van der Waals surface area contributed by atoms with Crippen molar-refractivity contribution in [3.05, 3.63) is 18.2 Å². The molecule has 1 rings (SSSR count). The molecule has 114 valence electrons. The topological polar surface area (TPSA) is 54.9 Å². The highest BCUT2D eigenvalue weighted by Gasteiger charge is 2.05. The molecular formula is C14H24IN3O2. The van der Waals surface area contributed by atoms with Crippen molar-refractivity contribution in [3.8, 4) is 11.5 Å². The molecule has 0 spiro atoms. The third kappa shape index (κ3) is 5.85. The molecule has 0 aliphatic carbocycles. The third-order valence-corrected chi connectivity index (χ3v) is 2.48. The monoisotopic (exact) mass is 393 g/mol. The molecule has 0 aliphatic heterocycles. The van der Waals surface area contributed by atoms with Gasteiger partial charge in [0.2, 0.25) is 0 Å². The van der Waals surface area contributed by atoms with E-state index in [1.165, 1.54) is 0 Å². The molecular weight excluding hydrogens is 369 g/mol. The van der Waals surface area contributed by atoms with Crippen LogP contribution in [0.3, 0.4) is 0 Å². The summed E-state index contributed by atoms with van der Waals surface area (Å²) in [6.07, 6.45) is 1.02. The second kappa shape index (κ2) is 10.6. The lowest BCUT2D eigenvalue weighted by molar-refractivity contribution is 0.355. The van der Waals surface area contributed by atoms with Gasteiger partial charge in [0.1, 0.15) is 0 Å². The van der Waals surface area contributed by atoms with Crippen LogP contribution in [0.2, 0.25) is 0 Å². The molecule has 1 aromatic carbocycles. The molecule has 5 nitrogen and oxygen atoms in total. The first-order valence-electron chi connectivity index (χ1n) is 6.52. The van der Waals surface area contributed by atoms with Crippen LogP contribution >= 0.6 is 24.0 Å². The maximum absolute atomic E-state index is 5.27. The van der Waals surface area contributed by atoms with Crippen molar-refractivity contribution in [1.82, 2.24) is 5.32 Å². The van der Waals surface area contributed by atoms with E-state index in [2.05, 4.69) is 22.5 Å². The van der Waals surface area contributed by atoms with Gasteiger partial charge in [-0.2, -0.15) is 0 Å². The van der Waals surface area contributed by atoms with Gasteiger partial charge in [0.05, 0.1) is 14.2 Å². The zero-order valence-electron chi connectivity index (χ0n) is 12.5. The quantitative estimate of drug-likeness (QED) is 0.443. The van der Waals surface area contributed by atoms with Gasteiger partial charge in [-0.25, -0.2) is 0 Å². The number of methoxy groups -OCH3 is 2. The van der Waals surface area contributed by atoms with Crippen LogP contribution in [0.5, 0.6) is 11.5 Å². The minimum absolute atomic E-state index is 0.